The van der Waals surface area contributed by atoms with E-state index >= 15 is 0 Å². The van der Waals surface area contributed by atoms with E-state index in [-0.39, 0.29) is 17.5 Å². The number of ether oxygens (including phenoxy) is 1. The quantitative estimate of drug-likeness (QED) is 0.782. The maximum absolute atomic E-state index is 13.2. The van der Waals surface area contributed by atoms with E-state index in [1.54, 1.807) is 31.4 Å². The molecule has 3 aromatic rings. The normalized spacial score (nSPS) is 14.7. The maximum Gasteiger partial charge on any atom is 0.451 e. The minimum Gasteiger partial charge on any atom is -0.497 e. The third-order valence-corrected chi connectivity index (χ3v) is 3.92. The van der Waals surface area contributed by atoms with Gasteiger partial charge in [-0.3, -0.25) is 4.57 Å². The van der Waals surface area contributed by atoms with Gasteiger partial charge in [0.2, 0.25) is 5.82 Å². The van der Waals surface area contributed by atoms with E-state index in [2.05, 4.69) is 20.3 Å². The SMILES string of the molecule is COc1ccc(-n2cnc3c(NC4CC4)nc(C(F)(F)F)nc32)cc1. The zero-order valence-electron chi connectivity index (χ0n) is 13.2. The lowest BCUT2D eigenvalue weighted by Crippen LogP contribution is -2.15. The number of imidazole rings is 1. The predicted octanol–water partition coefficient (Wildman–Crippen LogP) is 3.42. The Morgan fingerprint density at radius 3 is 2.48 bits per heavy atom. The number of benzene rings is 1. The van der Waals surface area contributed by atoms with Gasteiger partial charge in [-0.25, -0.2) is 15.0 Å². The van der Waals surface area contributed by atoms with Crippen LogP contribution in [0.3, 0.4) is 0 Å². The van der Waals surface area contributed by atoms with Crippen LogP contribution in [0.5, 0.6) is 5.75 Å². The Kier molecular flexibility index (Phi) is 3.52. The van der Waals surface area contributed by atoms with E-state index < -0.39 is 12.0 Å². The summed E-state index contributed by atoms with van der Waals surface area (Å²) in [5.41, 5.74) is 1.05. The molecule has 1 fully saturated rings. The van der Waals surface area contributed by atoms with Crippen molar-refractivity contribution in [3.8, 4) is 11.4 Å². The van der Waals surface area contributed by atoms with Gasteiger partial charge in [-0.15, -0.1) is 0 Å². The lowest BCUT2D eigenvalue weighted by molar-refractivity contribution is -0.144. The van der Waals surface area contributed by atoms with Crippen molar-refractivity contribution >= 4 is 17.0 Å². The topological polar surface area (TPSA) is 64.9 Å². The van der Waals surface area contributed by atoms with Crippen LogP contribution in [-0.2, 0) is 6.18 Å². The third kappa shape index (κ3) is 2.97. The number of nitrogens with one attached hydrogen (secondary N) is 1. The Morgan fingerprint density at radius 2 is 1.88 bits per heavy atom. The summed E-state index contributed by atoms with van der Waals surface area (Å²) in [4.78, 5) is 11.6. The first kappa shape index (κ1) is 15.7. The molecule has 0 atom stereocenters. The smallest absolute Gasteiger partial charge is 0.451 e. The zero-order valence-corrected chi connectivity index (χ0v) is 13.2. The molecule has 0 aliphatic heterocycles. The lowest BCUT2D eigenvalue weighted by Gasteiger charge is -2.11. The number of anilines is 1. The number of halogens is 3. The summed E-state index contributed by atoms with van der Waals surface area (Å²) in [5, 5.41) is 3.01. The maximum atomic E-state index is 13.2. The van der Waals surface area contributed by atoms with Crippen molar-refractivity contribution in [2.24, 2.45) is 0 Å². The van der Waals surface area contributed by atoms with Gasteiger partial charge in [-0.2, -0.15) is 13.2 Å². The van der Waals surface area contributed by atoms with Crippen LogP contribution < -0.4 is 10.1 Å². The molecule has 1 aromatic carbocycles. The fourth-order valence-electron chi connectivity index (χ4n) is 2.48. The Hall–Kier alpha value is -2.84. The standard InChI is InChI=1S/C16H14F3N5O/c1-25-11-6-4-10(5-7-11)24-8-20-12-13(21-9-2-3-9)22-15(16(17,18)19)23-14(12)24/h4-9H,2-3H2,1H3,(H,21,22,23). The van der Waals surface area contributed by atoms with Crippen LogP contribution in [0.4, 0.5) is 19.0 Å². The number of alkyl halides is 3. The highest BCUT2D eigenvalue weighted by Gasteiger charge is 2.37. The van der Waals surface area contributed by atoms with Crippen LogP contribution in [0, 0.1) is 0 Å². The van der Waals surface area contributed by atoms with Crippen molar-refractivity contribution in [1.82, 2.24) is 19.5 Å². The molecule has 25 heavy (non-hydrogen) atoms. The first-order valence-electron chi connectivity index (χ1n) is 7.69. The van der Waals surface area contributed by atoms with Gasteiger partial charge in [0.15, 0.2) is 17.0 Å². The van der Waals surface area contributed by atoms with Crippen LogP contribution in [0.2, 0.25) is 0 Å². The molecule has 0 saturated heterocycles. The first-order valence-corrected chi connectivity index (χ1v) is 7.69. The van der Waals surface area contributed by atoms with Gasteiger partial charge in [0, 0.05) is 11.7 Å². The van der Waals surface area contributed by atoms with Gasteiger partial charge in [0.05, 0.1) is 7.11 Å². The van der Waals surface area contributed by atoms with E-state index in [0.29, 0.717) is 17.0 Å². The van der Waals surface area contributed by atoms with Gasteiger partial charge < -0.3 is 10.1 Å². The van der Waals surface area contributed by atoms with Crippen molar-refractivity contribution in [2.75, 3.05) is 12.4 Å². The van der Waals surface area contributed by atoms with Crippen LogP contribution in [0.15, 0.2) is 30.6 Å². The van der Waals surface area contributed by atoms with Crippen molar-refractivity contribution in [2.45, 2.75) is 25.1 Å². The summed E-state index contributed by atoms with van der Waals surface area (Å²) < 4.78 is 46.2. The minimum absolute atomic E-state index is 0.107. The van der Waals surface area contributed by atoms with Gasteiger partial charge in [-0.1, -0.05) is 0 Å². The summed E-state index contributed by atoms with van der Waals surface area (Å²) in [7, 11) is 1.54. The van der Waals surface area contributed by atoms with E-state index in [4.69, 9.17) is 4.74 Å². The molecule has 9 heteroatoms. The number of nitrogens with zero attached hydrogens (tertiary/aromatic N) is 4. The fraction of sp³-hybridized carbons (Fsp3) is 0.312. The number of hydrogen-bond acceptors (Lipinski definition) is 5. The molecule has 0 radical (unpaired) electrons. The van der Waals surface area contributed by atoms with Crippen molar-refractivity contribution in [1.29, 1.82) is 0 Å². The molecule has 6 nitrogen and oxygen atoms in total. The molecule has 0 bridgehead atoms. The molecule has 2 aromatic heterocycles. The van der Waals surface area contributed by atoms with Gasteiger partial charge in [0.25, 0.3) is 0 Å². The molecule has 0 unspecified atom stereocenters. The highest BCUT2D eigenvalue weighted by molar-refractivity contribution is 5.84. The molecular formula is C16H14F3N5O. The summed E-state index contributed by atoms with van der Waals surface area (Å²) in [6.45, 7) is 0. The summed E-state index contributed by atoms with van der Waals surface area (Å²) in [6.07, 6.45) is -1.37. The second-order valence-electron chi connectivity index (χ2n) is 5.80. The molecule has 2 heterocycles. The van der Waals surface area contributed by atoms with Crippen molar-refractivity contribution in [3.05, 3.63) is 36.4 Å². The molecule has 1 aliphatic carbocycles. The highest BCUT2D eigenvalue weighted by Crippen LogP contribution is 2.33. The largest absolute Gasteiger partial charge is 0.497 e. The fourth-order valence-corrected chi connectivity index (χ4v) is 2.48. The molecule has 130 valence electrons. The van der Waals surface area contributed by atoms with E-state index in [1.807, 2.05) is 0 Å². The number of aromatic nitrogens is 4. The second-order valence-corrected chi connectivity index (χ2v) is 5.80. The predicted molar refractivity (Wildman–Crippen MR) is 84.9 cm³/mol. The monoisotopic (exact) mass is 349 g/mol. The Labute approximate surface area is 140 Å². The number of hydrogen-bond donors (Lipinski definition) is 1. The van der Waals surface area contributed by atoms with Crippen LogP contribution in [0.25, 0.3) is 16.9 Å². The van der Waals surface area contributed by atoms with E-state index in [9.17, 15) is 13.2 Å². The molecule has 4 rings (SSSR count). The van der Waals surface area contributed by atoms with E-state index in [1.165, 1.54) is 10.9 Å². The molecule has 0 amide bonds. The summed E-state index contributed by atoms with van der Waals surface area (Å²) in [6, 6.07) is 7.03. The Balaban J connectivity index is 1.87. The summed E-state index contributed by atoms with van der Waals surface area (Å²) in [5.74, 6) is -0.416. The van der Waals surface area contributed by atoms with Crippen LogP contribution in [0.1, 0.15) is 18.7 Å². The lowest BCUT2D eigenvalue weighted by atomic mass is 10.3. The van der Waals surface area contributed by atoms with Gasteiger partial charge in [0.1, 0.15) is 12.1 Å². The minimum atomic E-state index is -4.64. The van der Waals surface area contributed by atoms with E-state index in [0.717, 1.165) is 12.8 Å². The van der Waals surface area contributed by atoms with Gasteiger partial charge in [-0.05, 0) is 37.1 Å². The average molecular weight is 349 g/mol. The zero-order chi connectivity index (χ0) is 17.6. The number of methoxy groups -OCH3 is 1. The highest BCUT2D eigenvalue weighted by atomic mass is 19.4. The molecule has 1 aliphatic rings. The average Bonchev–Trinajstić information content (AvgIpc) is 3.30. The second kappa shape index (κ2) is 5.61. The summed E-state index contributed by atoms with van der Waals surface area (Å²) >= 11 is 0. The Bertz CT molecular complexity index is 916. The van der Waals surface area contributed by atoms with Crippen molar-refractivity contribution < 1.29 is 17.9 Å². The Morgan fingerprint density at radius 1 is 1.16 bits per heavy atom. The van der Waals surface area contributed by atoms with Crippen molar-refractivity contribution in [3.63, 3.8) is 0 Å². The molecule has 1 saturated carbocycles. The van der Waals surface area contributed by atoms with Crippen LogP contribution >= 0.6 is 0 Å². The first-order chi connectivity index (χ1) is 12.0. The van der Waals surface area contributed by atoms with Crippen LogP contribution in [-0.4, -0.2) is 32.7 Å². The molecular weight excluding hydrogens is 335 g/mol. The van der Waals surface area contributed by atoms with Gasteiger partial charge >= 0.3 is 6.18 Å². The molecule has 1 N–H and O–H groups in total. The third-order valence-electron chi connectivity index (χ3n) is 3.92. The number of rotatable bonds is 4. The molecule has 0 spiro atoms. The number of fused-ring (bicyclic) bond motifs is 1.